The van der Waals surface area contributed by atoms with Gasteiger partial charge in [0.1, 0.15) is 0 Å². The van der Waals surface area contributed by atoms with Crippen LogP contribution >= 0.6 is 0 Å². The first kappa shape index (κ1) is 12.7. The van der Waals surface area contributed by atoms with Gasteiger partial charge in [0.25, 0.3) is 5.91 Å². The number of amides is 1. The summed E-state index contributed by atoms with van der Waals surface area (Å²) >= 11 is 0. The average molecular weight is 258 g/mol. The van der Waals surface area contributed by atoms with Gasteiger partial charge in [0.15, 0.2) is 0 Å². The van der Waals surface area contributed by atoms with Crippen LogP contribution < -0.4 is 5.32 Å². The van der Waals surface area contributed by atoms with Crippen molar-refractivity contribution in [2.75, 3.05) is 13.1 Å². The van der Waals surface area contributed by atoms with Crippen LogP contribution in [0.2, 0.25) is 0 Å². The maximum absolute atomic E-state index is 12.8. The molecule has 1 aromatic carbocycles. The SMILES string of the molecule is Cc1ccccc1C(=O)N1CCNC2CCCCC21. The molecule has 1 saturated carbocycles. The standard InChI is InChI=1S/C16H22N2O/c1-12-6-2-3-7-13(12)16(19)18-11-10-17-14-8-4-5-9-15(14)18/h2-3,6-7,14-15,17H,4-5,8-11H2,1H3. The predicted octanol–water partition coefficient (Wildman–Crippen LogP) is 2.35. The molecule has 102 valence electrons. The van der Waals surface area contributed by atoms with Crippen molar-refractivity contribution in [3.63, 3.8) is 0 Å². The van der Waals surface area contributed by atoms with Gasteiger partial charge in [-0.3, -0.25) is 4.79 Å². The van der Waals surface area contributed by atoms with Crippen LogP contribution in [0.5, 0.6) is 0 Å². The molecule has 19 heavy (non-hydrogen) atoms. The summed E-state index contributed by atoms with van der Waals surface area (Å²) in [6.07, 6.45) is 4.90. The molecule has 0 aromatic heterocycles. The third-order valence-electron chi connectivity index (χ3n) is 4.53. The first-order chi connectivity index (χ1) is 9.27. The molecular formula is C16H22N2O. The quantitative estimate of drug-likeness (QED) is 0.838. The van der Waals surface area contributed by atoms with Crippen LogP contribution in [0.15, 0.2) is 24.3 Å². The fourth-order valence-electron chi connectivity index (χ4n) is 3.48. The number of hydrogen-bond donors (Lipinski definition) is 1. The van der Waals surface area contributed by atoms with E-state index in [-0.39, 0.29) is 5.91 Å². The minimum absolute atomic E-state index is 0.219. The number of carbonyl (C=O) groups excluding carboxylic acids is 1. The van der Waals surface area contributed by atoms with Crippen LogP contribution in [0.4, 0.5) is 0 Å². The molecule has 1 saturated heterocycles. The van der Waals surface area contributed by atoms with Gasteiger partial charge in [-0.2, -0.15) is 0 Å². The minimum atomic E-state index is 0.219. The summed E-state index contributed by atoms with van der Waals surface area (Å²) in [5.41, 5.74) is 1.95. The van der Waals surface area contributed by atoms with Crippen LogP contribution in [0.3, 0.4) is 0 Å². The molecule has 2 aliphatic rings. The van der Waals surface area contributed by atoms with Gasteiger partial charge in [-0.1, -0.05) is 31.0 Å². The van der Waals surface area contributed by atoms with Crippen molar-refractivity contribution in [1.82, 2.24) is 10.2 Å². The van der Waals surface area contributed by atoms with Crippen molar-refractivity contribution in [2.45, 2.75) is 44.7 Å². The zero-order valence-electron chi connectivity index (χ0n) is 11.6. The molecule has 1 aromatic rings. The van der Waals surface area contributed by atoms with Gasteiger partial charge in [0.2, 0.25) is 0 Å². The summed E-state index contributed by atoms with van der Waals surface area (Å²) in [7, 11) is 0. The highest BCUT2D eigenvalue weighted by atomic mass is 16.2. The second-order valence-corrected chi connectivity index (χ2v) is 5.73. The highest BCUT2D eigenvalue weighted by Gasteiger charge is 2.35. The van der Waals surface area contributed by atoms with Crippen molar-refractivity contribution in [3.05, 3.63) is 35.4 Å². The number of benzene rings is 1. The number of carbonyl (C=O) groups is 1. The van der Waals surface area contributed by atoms with E-state index in [0.717, 1.165) is 30.6 Å². The first-order valence-corrected chi connectivity index (χ1v) is 7.37. The van der Waals surface area contributed by atoms with Gasteiger partial charge in [-0.05, 0) is 31.4 Å². The lowest BCUT2D eigenvalue weighted by atomic mass is 9.87. The molecule has 0 spiro atoms. The summed E-state index contributed by atoms with van der Waals surface area (Å²) in [4.78, 5) is 14.9. The number of hydrogen-bond acceptors (Lipinski definition) is 2. The Hall–Kier alpha value is -1.35. The van der Waals surface area contributed by atoms with Crippen LogP contribution in [-0.4, -0.2) is 36.0 Å². The zero-order chi connectivity index (χ0) is 13.2. The Morgan fingerprint density at radius 2 is 2.05 bits per heavy atom. The Kier molecular flexibility index (Phi) is 3.56. The molecule has 1 N–H and O–H groups in total. The molecule has 1 heterocycles. The van der Waals surface area contributed by atoms with E-state index in [1.807, 2.05) is 31.2 Å². The van der Waals surface area contributed by atoms with Crippen molar-refractivity contribution in [1.29, 1.82) is 0 Å². The number of nitrogens with zero attached hydrogens (tertiary/aromatic N) is 1. The van der Waals surface area contributed by atoms with Gasteiger partial charge in [-0.15, -0.1) is 0 Å². The van der Waals surface area contributed by atoms with E-state index in [2.05, 4.69) is 10.2 Å². The van der Waals surface area contributed by atoms with E-state index in [4.69, 9.17) is 0 Å². The Labute approximate surface area is 115 Å². The molecule has 3 heteroatoms. The van der Waals surface area contributed by atoms with E-state index in [1.54, 1.807) is 0 Å². The first-order valence-electron chi connectivity index (χ1n) is 7.37. The smallest absolute Gasteiger partial charge is 0.254 e. The van der Waals surface area contributed by atoms with Crippen molar-refractivity contribution < 1.29 is 4.79 Å². The fourth-order valence-corrected chi connectivity index (χ4v) is 3.48. The number of rotatable bonds is 1. The molecule has 3 nitrogen and oxygen atoms in total. The van der Waals surface area contributed by atoms with E-state index >= 15 is 0 Å². The number of piperazine rings is 1. The minimum Gasteiger partial charge on any atom is -0.333 e. The third kappa shape index (κ3) is 2.39. The maximum Gasteiger partial charge on any atom is 0.254 e. The van der Waals surface area contributed by atoms with Crippen LogP contribution in [-0.2, 0) is 0 Å². The molecule has 1 aliphatic heterocycles. The fraction of sp³-hybridized carbons (Fsp3) is 0.562. The Morgan fingerprint density at radius 3 is 2.89 bits per heavy atom. The lowest BCUT2D eigenvalue weighted by Crippen LogP contribution is -2.60. The summed E-state index contributed by atoms with van der Waals surface area (Å²) in [5, 5.41) is 3.58. The number of aryl methyl sites for hydroxylation is 1. The van der Waals surface area contributed by atoms with Gasteiger partial charge >= 0.3 is 0 Å². The van der Waals surface area contributed by atoms with Crippen molar-refractivity contribution in [3.8, 4) is 0 Å². The van der Waals surface area contributed by atoms with E-state index in [0.29, 0.717) is 12.1 Å². The molecular weight excluding hydrogens is 236 g/mol. The zero-order valence-corrected chi connectivity index (χ0v) is 11.6. The molecule has 0 bridgehead atoms. The monoisotopic (exact) mass is 258 g/mol. The highest BCUT2D eigenvalue weighted by molar-refractivity contribution is 5.96. The highest BCUT2D eigenvalue weighted by Crippen LogP contribution is 2.27. The van der Waals surface area contributed by atoms with Gasteiger partial charge < -0.3 is 10.2 Å². The van der Waals surface area contributed by atoms with E-state index in [1.165, 1.54) is 19.3 Å². The number of nitrogens with one attached hydrogen (secondary N) is 1. The Morgan fingerprint density at radius 1 is 1.26 bits per heavy atom. The average Bonchev–Trinajstić information content (AvgIpc) is 2.46. The lowest BCUT2D eigenvalue weighted by Gasteiger charge is -2.44. The largest absolute Gasteiger partial charge is 0.333 e. The van der Waals surface area contributed by atoms with Crippen LogP contribution in [0, 0.1) is 6.92 Å². The molecule has 1 aliphatic carbocycles. The van der Waals surface area contributed by atoms with Gasteiger partial charge in [0.05, 0.1) is 0 Å². The Balaban J connectivity index is 1.84. The van der Waals surface area contributed by atoms with E-state index < -0.39 is 0 Å². The van der Waals surface area contributed by atoms with Crippen LogP contribution in [0.25, 0.3) is 0 Å². The Bertz CT molecular complexity index is 470. The summed E-state index contributed by atoms with van der Waals surface area (Å²) in [6.45, 7) is 3.79. The molecule has 2 atom stereocenters. The lowest BCUT2D eigenvalue weighted by molar-refractivity contribution is 0.0489. The topological polar surface area (TPSA) is 32.3 Å². The van der Waals surface area contributed by atoms with Crippen molar-refractivity contribution >= 4 is 5.91 Å². The molecule has 3 rings (SSSR count). The van der Waals surface area contributed by atoms with Gasteiger partial charge in [0, 0.05) is 30.7 Å². The number of fused-ring (bicyclic) bond motifs is 1. The van der Waals surface area contributed by atoms with Crippen molar-refractivity contribution in [2.24, 2.45) is 0 Å². The van der Waals surface area contributed by atoms with Gasteiger partial charge in [-0.25, -0.2) is 0 Å². The predicted molar refractivity (Wildman–Crippen MR) is 76.3 cm³/mol. The summed E-state index contributed by atoms with van der Waals surface area (Å²) in [6, 6.07) is 8.84. The molecule has 2 unspecified atom stereocenters. The molecule has 2 fully saturated rings. The molecule has 1 amide bonds. The summed E-state index contributed by atoms with van der Waals surface area (Å²) < 4.78 is 0. The molecule has 0 radical (unpaired) electrons. The van der Waals surface area contributed by atoms with Crippen LogP contribution in [0.1, 0.15) is 41.6 Å². The maximum atomic E-state index is 12.8. The second-order valence-electron chi connectivity index (χ2n) is 5.73. The third-order valence-corrected chi connectivity index (χ3v) is 4.53. The normalized spacial score (nSPS) is 26.9. The summed E-state index contributed by atoms with van der Waals surface area (Å²) in [5.74, 6) is 0.219. The van der Waals surface area contributed by atoms with E-state index in [9.17, 15) is 4.79 Å². The second kappa shape index (κ2) is 5.33.